The summed E-state index contributed by atoms with van der Waals surface area (Å²) in [7, 11) is 0. The van der Waals surface area contributed by atoms with E-state index in [9.17, 15) is 14.4 Å². The van der Waals surface area contributed by atoms with Gasteiger partial charge in [-0.2, -0.15) is 0 Å². The highest BCUT2D eigenvalue weighted by Gasteiger charge is 2.15. The molecule has 0 spiro atoms. The van der Waals surface area contributed by atoms with Crippen molar-refractivity contribution in [3.05, 3.63) is 38.9 Å². The van der Waals surface area contributed by atoms with Crippen LogP contribution in [0.1, 0.15) is 20.2 Å². The monoisotopic (exact) mass is 372 g/mol. The second-order valence-electron chi connectivity index (χ2n) is 3.80. The van der Waals surface area contributed by atoms with E-state index in [0.717, 1.165) is 11.3 Å². The Morgan fingerprint density at radius 3 is 2.67 bits per heavy atom. The summed E-state index contributed by atoms with van der Waals surface area (Å²) in [6.07, 6.45) is 0. The maximum atomic E-state index is 11.7. The highest BCUT2D eigenvalue weighted by atomic mass is 79.9. The van der Waals surface area contributed by atoms with Gasteiger partial charge in [0.2, 0.25) is 5.91 Å². The van der Waals surface area contributed by atoms with Crippen LogP contribution >= 0.6 is 27.3 Å². The van der Waals surface area contributed by atoms with Gasteiger partial charge in [0.25, 0.3) is 5.91 Å². The zero-order chi connectivity index (χ0) is 15.4. The molecule has 9 heteroatoms. The van der Waals surface area contributed by atoms with Crippen LogP contribution in [0.2, 0.25) is 0 Å². The number of furan rings is 1. The third-order valence-corrected chi connectivity index (χ3v) is 3.67. The molecule has 7 nitrogen and oxygen atoms in total. The molecule has 0 bridgehead atoms. The molecule has 0 unspecified atom stereocenters. The van der Waals surface area contributed by atoms with Crippen molar-refractivity contribution in [2.45, 2.75) is 0 Å². The number of hydrogen-bond donors (Lipinski definition) is 3. The molecule has 0 aliphatic heterocycles. The van der Waals surface area contributed by atoms with E-state index < -0.39 is 17.8 Å². The van der Waals surface area contributed by atoms with Crippen molar-refractivity contribution in [3.8, 4) is 0 Å². The molecular weight excluding hydrogens is 364 g/mol. The van der Waals surface area contributed by atoms with E-state index >= 15 is 0 Å². The van der Waals surface area contributed by atoms with Crippen LogP contribution in [0.15, 0.2) is 32.7 Å². The SMILES string of the molecule is O=C(CNC(=O)c1ccc(Br)o1)Nc1ccsc1C(=O)O. The number of carboxylic acid groups (broad SMARTS) is 1. The van der Waals surface area contributed by atoms with Crippen molar-refractivity contribution in [1.29, 1.82) is 0 Å². The maximum absolute atomic E-state index is 11.7. The molecule has 2 rings (SSSR count). The lowest BCUT2D eigenvalue weighted by atomic mass is 10.3. The molecule has 21 heavy (non-hydrogen) atoms. The first-order chi connectivity index (χ1) is 9.97. The molecule has 0 saturated carbocycles. The molecule has 110 valence electrons. The summed E-state index contributed by atoms with van der Waals surface area (Å²) >= 11 is 4.06. The Morgan fingerprint density at radius 2 is 2.05 bits per heavy atom. The number of anilines is 1. The Hall–Kier alpha value is -2.13. The number of rotatable bonds is 5. The molecule has 2 amide bonds. The fourth-order valence-electron chi connectivity index (χ4n) is 1.45. The first kappa shape index (κ1) is 15.3. The van der Waals surface area contributed by atoms with Crippen molar-refractivity contribution >= 4 is 50.7 Å². The van der Waals surface area contributed by atoms with Gasteiger partial charge in [-0.3, -0.25) is 9.59 Å². The average Bonchev–Trinajstić information content (AvgIpc) is 3.05. The second-order valence-corrected chi connectivity index (χ2v) is 5.50. The summed E-state index contributed by atoms with van der Waals surface area (Å²) in [6, 6.07) is 4.50. The van der Waals surface area contributed by atoms with Gasteiger partial charge in [0.15, 0.2) is 10.4 Å². The third-order valence-electron chi connectivity index (χ3n) is 2.34. The molecule has 2 aromatic rings. The minimum absolute atomic E-state index is 0.0321. The Labute approximate surface area is 131 Å². The number of thiophene rings is 1. The molecule has 0 radical (unpaired) electrons. The molecule has 0 atom stereocenters. The number of hydrogen-bond acceptors (Lipinski definition) is 5. The lowest BCUT2D eigenvalue weighted by Crippen LogP contribution is -2.32. The van der Waals surface area contributed by atoms with Crippen LogP contribution in [0.3, 0.4) is 0 Å². The summed E-state index contributed by atoms with van der Waals surface area (Å²) in [5.41, 5.74) is 0.201. The van der Waals surface area contributed by atoms with Gasteiger partial charge in [0, 0.05) is 0 Å². The van der Waals surface area contributed by atoms with E-state index in [0.29, 0.717) is 4.67 Å². The minimum Gasteiger partial charge on any atom is -0.477 e. The fraction of sp³-hybridized carbons (Fsp3) is 0.0833. The zero-order valence-corrected chi connectivity index (χ0v) is 12.8. The highest BCUT2D eigenvalue weighted by Crippen LogP contribution is 2.21. The molecule has 0 fully saturated rings. The van der Waals surface area contributed by atoms with Crippen molar-refractivity contribution in [2.24, 2.45) is 0 Å². The molecule has 0 aliphatic carbocycles. The first-order valence-corrected chi connectivity index (χ1v) is 7.29. The molecule has 0 aliphatic rings. The summed E-state index contributed by atoms with van der Waals surface area (Å²) in [6.45, 7) is -0.300. The number of halogens is 1. The van der Waals surface area contributed by atoms with Crippen LogP contribution in [-0.2, 0) is 4.79 Å². The molecule has 3 N–H and O–H groups in total. The van der Waals surface area contributed by atoms with Gasteiger partial charge < -0.3 is 20.2 Å². The summed E-state index contributed by atoms with van der Waals surface area (Å²) in [5.74, 6) is -2.13. The summed E-state index contributed by atoms with van der Waals surface area (Å²) in [4.78, 5) is 34.2. The normalized spacial score (nSPS) is 10.1. The number of carbonyl (C=O) groups excluding carboxylic acids is 2. The van der Waals surface area contributed by atoms with Gasteiger partial charge in [0.05, 0.1) is 12.2 Å². The van der Waals surface area contributed by atoms with Crippen molar-refractivity contribution in [1.82, 2.24) is 5.32 Å². The van der Waals surface area contributed by atoms with Crippen LogP contribution in [0.5, 0.6) is 0 Å². The Bertz CT molecular complexity index is 693. The maximum Gasteiger partial charge on any atom is 0.348 e. The summed E-state index contributed by atoms with van der Waals surface area (Å²) < 4.78 is 5.44. The predicted molar refractivity (Wildman–Crippen MR) is 78.6 cm³/mol. The molecular formula is C12H9BrN2O5S. The first-order valence-electron chi connectivity index (χ1n) is 5.61. The van der Waals surface area contributed by atoms with E-state index in [-0.39, 0.29) is 22.9 Å². The lowest BCUT2D eigenvalue weighted by molar-refractivity contribution is -0.115. The van der Waals surface area contributed by atoms with E-state index in [1.807, 2.05) is 0 Å². The van der Waals surface area contributed by atoms with Gasteiger partial charge in [-0.05, 0) is 39.5 Å². The predicted octanol–water partition coefficient (Wildman–Crippen LogP) is 2.17. The van der Waals surface area contributed by atoms with Crippen LogP contribution in [0, 0.1) is 0 Å². The van der Waals surface area contributed by atoms with E-state index in [4.69, 9.17) is 9.52 Å². The van der Waals surface area contributed by atoms with Gasteiger partial charge >= 0.3 is 5.97 Å². The lowest BCUT2D eigenvalue weighted by Gasteiger charge is -2.05. The fourth-order valence-corrected chi connectivity index (χ4v) is 2.45. The van der Waals surface area contributed by atoms with Gasteiger partial charge in [-0.25, -0.2) is 4.79 Å². The Morgan fingerprint density at radius 1 is 1.29 bits per heavy atom. The third kappa shape index (κ3) is 3.92. The number of carbonyl (C=O) groups is 3. The van der Waals surface area contributed by atoms with Crippen molar-refractivity contribution in [2.75, 3.05) is 11.9 Å². The standard InChI is InChI=1S/C12H9BrN2O5S/c13-8-2-1-7(20-8)11(17)14-5-9(16)15-6-3-4-21-10(6)12(18)19/h1-4H,5H2,(H,14,17)(H,15,16)(H,18,19). The van der Waals surface area contributed by atoms with Gasteiger partial charge in [-0.1, -0.05) is 0 Å². The molecule has 0 saturated heterocycles. The van der Waals surface area contributed by atoms with E-state index in [1.54, 1.807) is 11.4 Å². The van der Waals surface area contributed by atoms with Crippen LogP contribution < -0.4 is 10.6 Å². The Kier molecular flexibility index (Phi) is 4.76. The van der Waals surface area contributed by atoms with E-state index in [2.05, 4.69) is 26.6 Å². The van der Waals surface area contributed by atoms with E-state index in [1.165, 1.54) is 12.1 Å². The zero-order valence-electron chi connectivity index (χ0n) is 10.4. The number of nitrogens with one attached hydrogen (secondary N) is 2. The number of amides is 2. The molecule has 0 aromatic carbocycles. The summed E-state index contributed by atoms with van der Waals surface area (Å²) in [5, 5.41) is 15.2. The average molecular weight is 373 g/mol. The second kappa shape index (κ2) is 6.55. The van der Waals surface area contributed by atoms with Gasteiger partial charge in [-0.15, -0.1) is 11.3 Å². The van der Waals surface area contributed by atoms with Crippen LogP contribution in [0.4, 0.5) is 5.69 Å². The Balaban J connectivity index is 1.89. The van der Waals surface area contributed by atoms with Crippen LogP contribution in [-0.4, -0.2) is 29.4 Å². The minimum atomic E-state index is -1.12. The number of aromatic carboxylic acids is 1. The topological polar surface area (TPSA) is 109 Å². The number of carboxylic acids is 1. The smallest absolute Gasteiger partial charge is 0.348 e. The quantitative estimate of drug-likeness (QED) is 0.744. The molecule has 2 aromatic heterocycles. The van der Waals surface area contributed by atoms with Crippen molar-refractivity contribution < 1.29 is 23.9 Å². The van der Waals surface area contributed by atoms with Gasteiger partial charge in [0.1, 0.15) is 4.88 Å². The van der Waals surface area contributed by atoms with Crippen LogP contribution in [0.25, 0.3) is 0 Å². The highest BCUT2D eigenvalue weighted by molar-refractivity contribution is 9.10. The molecule has 2 heterocycles. The van der Waals surface area contributed by atoms with Crippen molar-refractivity contribution in [3.63, 3.8) is 0 Å². The largest absolute Gasteiger partial charge is 0.477 e.